The number of amides is 1. The molecule has 0 aliphatic carbocycles. The van der Waals surface area contributed by atoms with Gasteiger partial charge in [0.25, 0.3) is 0 Å². The van der Waals surface area contributed by atoms with E-state index in [1.807, 2.05) is 12.5 Å². The van der Waals surface area contributed by atoms with Crippen LogP contribution in [-0.4, -0.2) is 13.0 Å². The van der Waals surface area contributed by atoms with Crippen LogP contribution < -0.4 is 16.2 Å². The van der Waals surface area contributed by atoms with E-state index in [-0.39, 0.29) is 5.76 Å². The van der Waals surface area contributed by atoms with Crippen LogP contribution in [0.2, 0.25) is 0 Å². The summed E-state index contributed by atoms with van der Waals surface area (Å²) in [6, 6.07) is 9.70. The summed E-state index contributed by atoms with van der Waals surface area (Å²) in [5.74, 6) is 5.58. The second-order valence-electron chi connectivity index (χ2n) is 4.89. The largest absolute Gasteiger partial charge is 0.454 e. The fourth-order valence-corrected chi connectivity index (χ4v) is 2.21. The molecule has 20 heavy (non-hydrogen) atoms. The molecule has 1 heterocycles. The first kappa shape index (κ1) is 14.1. The van der Waals surface area contributed by atoms with Gasteiger partial charge in [-0.1, -0.05) is 17.7 Å². The Labute approximate surface area is 118 Å². The topological polar surface area (TPSA) is 71.5 Å². The third-order valence-electron chi connectivity index (χ3n) is 3.17. The van der Waals surface area contributed by atoms with Crippen molar-refractivity contribution in [1.29, 1.82) is 0 Å². The van der Waals surface area contributed by atoms with Gasteiger partial charge in [0.1, 0.15) is 5.76 Å². The van der Waals surface area contributed by atoms with E-state index in [4.69, 9.17) is 10.3 Å². The molecule has 2 aromatic rings. The molecule has 0 aliphatic heterocycles. The van der Waals surface area contributed by atoms with Gasteiger partial charge in [-0.2, -0.15) is 0 Å². The number of anilines is 1. The Morgan fingerprint density at radius 2 is 2.05 bits per heavy atom. The average Bonchev–Trinajstić information content (AvgIpc) is 2.86. The van der Waals surface area contributed by atoms with Crippen LogP contribution in [0.3, 0.4) is 0 Å². The van der Waals surface area contributed by atoms with Crippen molar-refractivity contribution in [3.05, 3.63) is 53.0 Å². The van der Waals surface area contributed by atoms with Crippen LogP contribution in [0.5, 0.6) is 0 Å². The summed E-state index contributed by atoms with van der Waals surface area (Å²) in [7, 11) is 1.99. The number of furan rings is 1. The van der Waals surface area contributed by atoms with Gasteiger partial charge < -0.3 is 9.32 Å². The number of aryl methyl sites for hydroxylation is 2. The SMILES string of the molecule is Cc1ccc(N(C)Cc2ccc(C(=O)NN)o2)c(C)c1. The lowest BCUT2D eigenvalue weighted by Crippen LogP contribution is -2.29. The fraction of sp³-hybridized carbons (Fsp3) is 0.267. The molecule has 0 saturated carbocycles. The monoisotopic (exact) mass is 273 g/mol. The first-order chi connectivity index (χ1) is 9.51. The first-order valence-electron chi connectivity index (χ1n) is 6.39. The minimum absolute atomic E-state index is 0.219. The Hall–Kier alpha value is -2.27. The average molecular weight is 273 g/mol. The fourth-order valence-electron chi connectivity index (χ4n) is 2.21. The lowest BCUT2D eigenvalue weighted by Gasteiger charge is -2.20. The number of hydrogen-bond donors (Lipinski definition) is 2. The summed E-state index contributed by atoms with van der Waals surface area (Å²) in [5.41, 5.74) is 5.63. The smallest absolute Gasteiger partial charge is 0.300 e. The van der Waals surface area contributed by atoms with Gasteiger partial charge in [-0.3, -0.25) is 10.2 Å². The molecule has 0 spiro atoms. The molecular weight excluding hydrogens is 254 g/mol. The second kappa shape index (κ2) is 5.79. The molecule has 0 aliphatic rings. The van der Waals surface area contributed by atoms with E-state index in [9.17, 15) is 4.79 Å². The van der Waals surface area contributed by atoms with Gasteiger partial charge in [0.2, 0.25) is 0 Å². The van der Waals surface area contributed by atoms with E-state index in [0.29, 0.717) is 12.3 Å². The van der Waals surface area contributed by atoms with Crippen LogP contribution >= 0.6 is 0 Å². The summed E-state index contributed by atoms with van der Waals surface area (Å²) < 4.78 is 5.46. The third kappa shape index (κ3) is 3.00. The molecular formula is C15H19N3O2. The number of nitrogens with zero attached hydrogens (tertiary/aromatic N) is 1. The van der Waals surface area contributed by atoms with Crippen LogP contribution in [0, 0.1) is 13.8 Å². The summed E-state index contributed by atoms with van der Waals surface area (Å²) >= 11 is 0. The molecule has 0 fully saturated rings. The van der Waals surface area contributed by atoms with Gasteiger partial charge in [0.15, 0.2) is 5.76 Å². The van der Waals surface area contributed by atoms with E-state index in [1.54, 1.807) is 12.1 Å². The summed E-state index contributed by atoms with van der Waals surface area (Å²) in [6.07, 6.45) is 0. The van der Waals surface area contributed by atoms with Gasteiger partial charge in [0.05, 0.1) is 6.54 Å². The summed E-state index contributed by atoms with van der Waals surface area (Å²) in [6.45, 7) is 4.73. The molecule has 106 valence electrons. The quantitative estimate of drug-likeness (QED) is 0.508. The van der Waals surface area contributed by atoms with Crippen LogP contribution in [0.4, 0.5) is 5.69 Å². The van der Waals surface area contributed by atoms with E-state index < -0.39 is 5.91 Å². The zero-order valence-electron chi connectivity index (χ0n) is 11.9. The number of carbonyl (C=O) groups excluding carboxylic acids is 1. The van der Waals surface area contributed by atoms with E-state index >= 15 is 0 Å². The van der Waals surface area contributed by atoms with Gasteiger partial charge in [-0.25, -0.2) is 5.84 Å². The highest BCUT2D eigenvalue weighted by molar-refractivity contribution is 5.90. The molecule has 5 nitrogen and oxygen atoms in total. The number of hydrogen-bond acceptors (Lipinski definition) is 4. The Morgan fingerprint density at radius 3 is 2.70 bits per heavy atom. The lowest BCUT2D eigenvalue weighted by atomic mass is 10.1. The Balaban J connectivity index is 2.13. The molecule has 5 heteroatoms. The Kier molecular flexibility index (Phi) is 4.10. The molecule has 3 N–H and O–H groups in total. The molecule has 1 aromatic carbocycles. The van der Waals surface area contributed by atoms with Gasteiger partial charge in [-0.15, -0.1) is 0 Å². The zero-order valence-corrected chi connectivity index (χ0v) is 11.9. The number of nitrogens with two attached hydrogens (primary N) is 1. The second-order valence-corrected chi connectivity index (χ2v) is 4.89. The minimum atomic E-state index is -0.426. The molecule has 1 amide bonds. The number of carbonyl (C=O) groups is 1. The summed E-state index contributed by atoms with van der Waals surface area (Å²) in [4.78, 5) is 13.4. The molecule has 0 radical (unpaired) electrons. The number of benzene rings is 1. The molecule has 0 bridgehead atoms. The van der Waals surface area contributed by atoms with Crippen molar-refractivity contribution >= 4 is 11.6 Å². The number of nitrogen functional groups attached to an aromatic ring is 1. The standard InChI is InChI=1S/C15H19N3O2/c1-10-4-6-13(11(2)8-10)18(3)9-12-5-7-14(20-12)15(19)17-16/h4-8H,9,16H2,1-3H3,(H,17,19). The lowest BCUT2D eigenvalue weighted by molar-refractivity contribution is 0.0924. The van der Waals surface area contributed by atoms with Crippen LogP contribution in [0.25, 0.3) is 0 Å². The number of rotatable bonds is 4. The maximum absolute atomic E-state index is 11.3. The van der Waals surface area contributed by atoms with Crippen LogP contribution in [0.1, 0.15) is 27.4 Å². The van der Waals surface area contributed by atoms with Crippen molar-refractivity contribution in [2.45, 2.75) is 20.4 Å². The van der Waals surface area contributed by atoms with Gasteiger partial charge in [-0.05, 0) is 37.6 Å². The first-order valence-corrected chi connectivity index (χ1v) is 6.39. The third-order valence-corrected chi connectivity index (χ3v) is 3.17. The van der Waals surface area contributed by atoms with Crippen molar-refractivity contribution in [2.75, 3.05) is 11.9 Å². The molecule has 2 rings (SSSR count). The van der Waals surface area contributed by atoms with E-state index in [1.165, 1.54) is 11.1 Å². The van der Waals surface area contributed by atoms with E-state index in [0.717, 1.165) is 5.69 Å². The molecule has 0 atom stereocenters. The highest BCUT2D eigenvalue weighted by atomic mass is 16.4. The molecule has 1 aromatic heterocycles. The minimum Gasteiger partial charge on any atom is -0.454 e. The van der Waals surface area contributed by atoms with Crippen molar-refractivity contribution in [3.8, 4) is 0 Å². The zero-order chi connectivity index (χ0) is 14.7. The van der Waals surface area contributed by atoms with Crippen molar-refractivity contribution in [2.24, 2.45) is 5.84 Å². The number of hydrazine groups is 1. The highest BCUT2D eigenvalue weighted by Crippen LogP contribution is 2.22. The normalized spacial score (nSPS) is 10.4. The molecule has 0 unspecified atom stereocenters. The Morgan fingerprint density at radius 1 is 1.30 bits per heavy atom. The highest BCUT2D eigenvalue weighted by Gasteiger charge is 2.12. The maximum atomic E-state index is 11.3. The molecule has 0 saturated heterocycles. The van der Waals surface area contributed by atoms with Gasteiger partial charge in [0, 0.05) is 12.7 Å². The Bertz CT molecular complexity index is 619. The predicted molar refractivity (Wildman–Crippen MR) is 78.4 cm³/mol. The maximum Gasteiger partial charge on any atom is 0.300 e. The van der Waals surface area contributed by atoms with Crippen LogP contribution in [0.15, 0.2) is 34.7 Å². The van der Waals surface area contributed by atoms with Crippen LogP contribution in [-0.2, 0) is 6.54 Å². The van der Waals surface area contributed by atoms with E-state index in [2.05, 4.69) is 36.9 Å². The number of nitrogens with one attached hydrogen (secondary N) is 1. The van der Waals surface area contributed by atoms with Gasteiger partial charge >= 0.3 is 5.91 Å². The summed E-state index contributed by atoms with van der Waals surface area (Å²) in [5, 5.41) is 0. The predicted octanol–water partition coefficient (Wildman–Crippen LogP) is 2.14. The van der Waals surface area contributed by atoms with Crippen molar-refractivity contribution in [3.63, 3.8) is 0 Å². The van der Waals surface area contributed by atoms with Crippen molar-refractivity contribution < 1.29 is 9.21 Å². The van der Waals surface area contributed by atoms with Crippen molar-refractivity contribution in [1.82, 2.24) is 5.43 Å².